The molecule has 1 aromatic carbocycles. The number of anilines is 2. The third-order valence-electron chi connectivity index (χ3n) is 4.48. The van der Waals surface area contributed by atoms with E-state index in [4.69, 9.17) is 0 Å². The topological polar surface area (TPSA) is 91.4 Å². The summed E-state index contributed by atoms with van der Waals surface area (Å²) in [4.78, 5) is 42.7. The third kappa shape index (κ3) is 7.66. The molecule has 2 N–H and O–H groups in total. The number of hydrogen-bond donors (Lipinski definition) is 2. The van der Waals surface area contributed by atoms with E-state index in [1.807, 2.05) is 4.90 Å². The second-order valence-electron chi connectivity index (χ2n) is 7.05. The van der Waals surface area contributed by atoms with Crippen LogP contribution < -0.4 is 10.6 Å². The summed E-state index contributed by atoms with van der Waals surface area (Å²) in [5.41, 5.74) is 1.64. The Labute approximate surface area is 177 Å². The van der Waals surface area contributed by atoms with E-state index in [0.29, 0.717) is 29.8 Å². The van der Waals surface area contributed by atoms with Gasteiger partial charge in [-0.1, -0.05) is 19.9 Å². The average molecular weight is 411 g/mol. The minimum Gasteiger partial charge on any atom is -0.343 e. The summed E-state index contributed by atoms with van der Waals surface area (Å²) in [6.07, 6.45) is 6.17. The Morgan fingerprint density at radius 1 is 0.900 bits per heavy atom. The highest BCUT2D eigenvalue weighted by Crippen LogP contribution is 2.14. The van der Waals surface area contributed by atoms with Crippen molar-refractivity contribution >= 4 is 29.1 Å². The molecule has 0 bridgehead atoms. The zero-order valence-corrected chi connectivity index (χ0v) is 17.7. The molecule has 0 spiro atoms. The van der Waals surface area contributed by atoms with E-state index in [1.54, 1.807) is 48.8 Å². The van der Waals surface area contributed by atoms with Gasteiger partial charge in [0.25, 0.3) is 5.91 Å². The highest BCUT2D eigenvalue weighted by atomic mass is 16.2. The number of benzene rings is 1. The van der Waals surface area contributed by atoms with Gasteiger partial charge in [-0.3, -0.25) is 19.4 Å². The minimum absolute atomic E-state index is 0.0984. The summed E-state index contributed by atoms with van der Waals surface area (Å²) in [5, 5.41) is 5.58. The zero-order valence-electron chi connectivity index (χ0n) is 17.7. The molecule has 7 nitrogen and oxygen atoms in total. The summed E-state index contributed by atoms with van der Waals surface area (Å²) in [6.45, 7) is 5.62. The molecule has 0 aliphatic rings. The Kier molecular flexibility index (Phi) is 9.51. The summed E-state index contributed by atoms with van der Waals surface area (Å²) in [5.74, 6) is -0.344. The fourth-order valence-electron chi connectivity index (χ4n) is 3.06. The van der Waals surface area contributed by atoms with Crippen molar-refractivity contribution in [3.8, 4) is 0 Å². The maximum atomic E-state index is 12.4. The van der Waals surface area contributed by atoms with Crippen molar-refractivity contribution < 1.29 is 14.4 Å². The largest absolute Gasteiger partial charge is 0.343 e. The number of aromatic nitrogens is 1. The second-order valence-corrected chi connectivity index (χ2v) is 7.05. The quantitative estimate of drug-likeness (QED) is 0.584. The van der Waals surface area contributed by atoms with Gasteiger partial charge in [-0.15, -0.1) is 0 Å². The lowest BCUT2D eigenvalue weighted by Gasteiger charge is -2.21. The summed E-state index contributed by atoms with van der Waals surface area (Å²) < 4.78 is 0. The van der Waals surface area contributed by atoms with Gasteiger partial charge in [0.1, 0.15) is 0 Å². The lowest BCUT2D eigenvalue weighted by atomic mass is 10.1. The number of rotatable bonds is 11. The molecule has 2 rings (SSSR count). The molecule has 0 atom stereocenters. The molecule has 0 radical (unpaired) electrons. The van der Waals surface area contributed by atoms with Crippen LogP contribution in [0.25, 0.3) is 0 Å². The fraction of sp³-hybridized carbons (Fsp3) is 0.391. The van der Waals surface area contributed by atoms with Gasteiger partial charge in [-0.25, -0.2) is 0 Å². The van der Waals surface area contributed by atoms with Crippen LogP contribution >= 0.6 is 0 Å². The molecule has 1 aromatic heterocycles. The standard InChI is InChI=1S/C23H30N4O3/c1-3-15-27(16-4-2)22(29)10-6-9-21(28)25-20-8-5-7-18(17-20)23(30)26-19-11-13-24-14-12-19/h5,7-8,11-14,17H,3-4,6,9-10,15-16H2,1-2H3,(H,25,28)(H,24,26,30). The maximum Gasteiger partial charge on any atom is 0.255 e. The monoisotopic (exact) mass is 410 g/mol. The van der Waals surface area contributed by atoms with E-state index in [2.05, 4.69) is 29.5 Å². The Hall–Kier alpha value is -3.22. The van der Waals surface area contributed by atoms with E-state index in [-0.39, 0.29) is 24.1 Å². The molecule has 2 aromatic rings. The molecule has 0 saturated carbocycles. The molecule has 1 heterocycles. The first kappa shape index (κ1) is 23.1. The zero-order chi connectivity index (χ0) is 21.8. The van der Waals surface area contributed by atoms with Crippen molar-refractivity contribution in [1.29, 1.82) is 0 Å². The Balaban J connectivity index is 1.83. The van der Waals surface area contributed by atoms with Crippen LogP contribution in [0.4, 0.5) is 11.4 Å². The van der Waals surface area contributed by atoms with Crippen LogP contribution in [0.5, 0.6) is 0 Å². The van der Waals surface area contributed by atoms with Gasteiger partial charge in [-0.2, -0.15) is 0 Å². The average Bonchev–Trinajstić information content (AvgIpc) is 2.74. The van der Waals surface area contributed by atoms with Gasteiger partial charge < -0.3 is 15.5 Å². The SMILES string of the molecule is CCCN(CCC)C(=O)CCCC(=O)Nc1cccc(C(=O)Nc2ccncc2)c1. The van der Waals surface area contributed by atoms with Crippen molar-refractivity contribution in [2.45, 2.75) is 46.0 Å². The van der Waals surface area contributed by atoms with Crippen LogP contribution in [0.15, 0.2) is 48.8 Å². The predicted molar refractivity (Wildman–Crippen MR) is 118 cm³/mol. The van der Waals surface area contributed by atoms with Crippen LogP contribution in [0.3, 0.4) is 0 Å². The first-order valence-corrected chi connectivity index (χ1v) is 10.4. The molecule has 0 aliphatic carbocycles. The number of nitrogens with zero attached hydrogens (tertiary/aromatic N) is 2. The Bertz CT molecular complexity index is 833. The number of amides is 3. The first-order valence-electron chi connectivity index (χ1n) is 10.4. The lowest BCUT2D eigenvalue weighted by Crippen LogP contribution is -2.32. The summed E-state index contributed by atoms with van der Waals surface area (Å²) in [7, 11) is 0. The van der Waals surface area contributed by atoms with E-state index in [0.717, 1.165) is 25.9 Å². The van der Waals surface area contributed by atoms with E-state index in [1.165, 1.54) is 0 Å². The highest BCUT2D eigenvalue weighted by Gasteiger charge is 2.13. The van der Waals surface area contributed by atoms with Crippen LogP contribution in [-0.2, 0) is 9.59 Å². The number of nitrogens with one attached hydrogen (secondary N) is 2. The van der Waals surface area contributed by atoms with Crippen molar-refractivity contribution in [2.75, 3.05) is 23.7 Å². The summed E-state index contributed by atoms with van der Waals surface area (Å²) >= 11 is 0. The van der Waals surface area contributed by atoms with Crippen LogP contribution in [0.2, 0.25) is 0 Å². The van der Waals surface area contributed by atoms with Gasteiger partial charge in [0.05, 0.1) is 0 Å². The second kappa shape index (κ2) is 12.4. The molecule has 0 saturated heterocycles. The predicted octanol–water partition coefficient (Wildman–Crippen LogP) is 4.09. The molecular weight excluding hydrogens is 380 g/mol. The van der Waals surface area contributed by atoms with Crippen LogP contribution in [0.1, 0.15) is 56.3 Å². The van der Waals surface area contributed by atoms with Gasteiger partial charge in [-0.05, 0) is 49.6 Å². The van der Waals surface area contributed by atoms with Gasteiger partial charge >= 0.3 is 0 Å². The number of carbonyl (C=O) groups is 3. The molecule has 3 amide bonds. The number of carbonyl (C=O) groups excluding carboxylic acids is 3. The third-order valence-corrected chi connectivity index (χ3v) is 4.48. The van der Waals surface area contributed by atoms with Crippen LogP contribution in [0, 0.1) is 0 Å². The van der Waals surface area contributed by atoms with Gasteiger partial charge in [0.15, 0.2) is 0 Å². The fourth-order valence-corrected chi connectivity index (χ4v) is 3.06. The van der Waals surface area contributed by atoms with E-state index >= 15 is 0 Å². The molecule has 30 heavy (non-hydrogen) atoms. The van der Waals surface area contributed by atoms with Crippen LogP contribution in [-0.4, -0.2) is 40.7 Å². The number of hydrogen-bond acceptors (Lipinski definition) is 4. The Morgan fingerprint density at radius 2 is 1.60 bits per heavy atom. The molecule has 0 unspecified atom stereocenters. The van der Waals surface area contributed by atoms with E-state index in [9.17, 15) is 14.4 Å². The molecule has 160 valence electrons. The first-order chi connectivity index (χ1) is 14.5. The maximum absolute atomic E-state index is 12.4. The molecule has 0 fully saturated rings. The lowest BCUT2D eigenvalue weighted by molar-refractivity contribution is -0.131. The van der Waals surface area contributed by atoms with Crippen molar-refractivity contribution in [2.24, 2.45) is 0 Å². The van der Waals surface area contributed by atoms with Crippen molar-refractivity contribution in [1.82, 2.24) is 9.88 Å². The molecule has 7 heteroatoms. The normalized spacial score (nSPS) is 10.3. The smallest absolute Gasteiger partial charge is 0.255 e. The molecular formula is C23H30N4O3. The van der Waals surface area contributed by atoms with E-state index < -0.39 is 0 Å². The van der Waals surface area contributed by atoms with Crippen molar-refractivity contribution in [3.63, 3.8) is 0 Å². The Morgan fingerprint density at radius 3 is 2.27 bits per heavy atom. The van der Waals surface area contributed by atoms with Gasteiger partial charge in [0.2, 0.25) is 11.8 Å². The van der Waals surface area contributed by atoms with Crippen molar-refractivity contribution in [3.05, 3.63) is 54.4 Å². The number of pyridine rings is 1. The highest BCUT2D eigenvalue weighted by molar-refractivity contribution is 6.05. The van der Waals surface area contributed by atoms with Gasteiger partial charge in [0, 0.05) is 55.3 Å². The molecule has 0 aliphatic heterocycles. The minimum atomic E-state index is -0.269. The summed E-state index contributed by atoms with van der Waals surface area (Å²) in [6, 6.07) is 10.2.